The topological polar surface area (TPSA) is 35.5 Å². The highest BCUT2D eigenvalue weighted by atomic mass is 16.5. The summed E-state index contributed by atoms with van der Waals surface area (Å²) in [4.78, 5) is 11.1. The maximum atomic E-state index is 11.1. The zero-order valence-electron chi connectivity index (χ0n) is 9.37. The second kappa shape index (κ2) is 5.39. The van der Waals surface area contributed by atoms with Gasteiger partial charge in [-0.3, -0.25) is 4.79 Å². The first kappa shape index (κ1) is 11.6. The van der Waals surface area contributed by atoms with Gasteiger partial charge in [-0.25, -0.2) is 0 Å². The summed E-state index contributed by atoms with van der Waals surface area (Å²) in [5.41, 5.74) is 0.878. The van der Waals surface area contributed by atoms with Crippen LogP contribution in [-0.2, 0) is 11.2 Å². The van der Waals surface area contributed by atoms with Crippen molar-refractivity contribution in [2.45, 2.75) is 20.3 Å². The molecule has 1 aromatic rings. The number of hydrogen-bond acceptors (Lipinski definition) is 3. The fourth-order valence-electron chi connectivity index (χ4n) is 1.44. The monoisotopic (exact) mass is 208 g/mol. The first-order valence-corrected chi connectivity index (χ1v) is 4.97. The van der Waals surface area contributed by atoms with Gasteiger partial charge in [0.15, 0.2) is 11.5 Å². The average molecular weight is 208 g/mol. The van der Waals surface area contributed by atoms with Crippen LogP contribution in [0.3, 0.4) is 0 Å². The molecule has 1 aromatic carbocycles. The highest BCUT2D eigenvalue weighted by molar-refractivity contribution is 5.79. The molecule has 0 aliphatic carbocycles. The van der Waals surface area contributed by atoms with Gasteiger partial charge in [-0.05, 0) is 19.9 Å². The van der Waals surface area contributed by atoms with Gasteiger partial charge in [-0.1, -0.05) is 12.1 Å². The number of hydrogen-bond donors (Lipinski definition) is 0. The van der Waals surface area contributed by atoms with Crippen molar-refractivity contribution in [3.8, 4) is 11.5 Å². The molecule has 82 valence electrons. The Balaban J connectivity index is 3.06. The highest BCUT2D eigenvalue weighted by Gasteiger charge is 2.11. The third-order valence-electron chi connectivity index (χ3n) is 2.01. The summed E-state index contributed by atoms with van der Waals surface area (Å²) in [5.74, 6) is 1.47. The van der Waals surface area contributed by atoms with E-state index in [2.05, 4.69) is 0 Å². The molecule has 1 rings (SSSR count). The van der Waals surface area contributed by atoms with Crippen LogP contribution in [0.2, 0.25) is 0 Å². The van der Waals surface area contributed by atoms with Crippen LogP contribution in [0, 0.1) is 0 Å². The van der Waals surface area contributed by atoms with Crippen molar-refractivity contribution in [1.29, 1.82) is 0 Å². The van der Waals surface area contributed by atoms with E-state index in [0.717, 1.165) is 5.56 Å². The van der Waals surface area contributed by atoms with Crippen molar-refractivity contribution >= 4 is 5.78 Å². The van der Waals surface area contributed by atoms with Gasteiger partial charge in [0.2, 0.25) is 0 Å². The number of ether oxygens (including phenoxy) is 2. The molecule has 0 heterocycles. The number of carbonyl (C=O) groups is 1. The van der Waals surface area contributed by atoms with Crippen molar-refractivity contribution in [2.24, 2.45) is 0 Å². The predicted octanol–water partition coefficient (Wildman–Crippen LogP) is 2.23. The molecule has 0 aliphatic heterocycles. The third-order valence-corrected chi connectivity index (χ3v) is 2.01. The van der Waals surface area contributed by atoms with Crippen molar-refractivity contribution in [2.75, 3.05) is 13.7 Å². The summed E-state index contributed by atoms with van der Waals surface area (Å²) in [6.07, 6.45) is 0.381. The van der Waals surface area contributed by atoms with Crippen molar-refractivity contribution in [3.05, 3.63) is 23.8 Å². The van der Waals surface area contributed by atoms with E-state index in [-0.39, 0.29) is 5.78 Å². The van der Waals surface area contributed by atoms with Crippen LogP contribution in [0.15, 0.2) is 18.2 Å². The first-order valence-electron chi connectivity index (χ1n) is 4.97. The Kier molecular flexibility index (Phi) is 4.16. The molecule has 0 bridgehead atoms. The van der Waals surface area contributed by atoms with E-state index >= 15 is 0 Å². The molecular weight excluding hydrogens is 192 g/mol. The van der Waals surface area contributed by atoms with Gasteiger partial charge in [0.1, 0.15) is 5.78 Å². The maximum Gasteiger partial charge on any atom is 0.164 e. The zero-order chi connectivity index (χ0) is 11.3. The molecule has 0 aromatic heterocycles. The van der Waals surface area contributed by atoms with E-state index in [4.69, 9.17) is 9.47 Å². The zero-order valence-corrected chi connectivity index (χ0v) is 9.37. The summed E-state index contributed by atoms with van der Waals surface area (Å²) in [5, 5.41) is 0. The van der Waals surface area contributed by atoms with Crippen LogP contribution in [0.1, 0.15) is 19.4 Å². The Hall–Kier alpha value is -1.51. The summed E-state index contributed by atoms with van der Waals surface area (Å²) in [6.45, 7) is 4.03. The van der Waals surface area contributed by atoms with Gasteiger partial charge in [0.25, 0.3) is 0 Å². The van der Waals surface area contributed by atoms with E-state index in [1.165, 1.54) is 0 Å². The molecule has 0 amide bonds. The lowest BCUT2D eigenvalue weighted by Gasteiger charge is -2.12. The quantitative estimate of drug-likeness (QED) is 0.744. The minimum absolute atomic E-state index is 0.115. The van der Waals surface area contributed by atoms with Crippen LogP contribution in [0.25, 0.3) is 0 Å². The Bertz CT molecular complexity index is 345. The fourth-order valence-corrected chi connectivity index (χ4v) is 1.44. The smallest absolute Gasteiger partial charge is 0.164 e. The number of carbonyl (C=O) groups excluding carboxylic acids is 1. The van der Waals surface area contributed by atoms with E-state index < -0.39 is 0 Å². The molecule has 0 saturated carbocycles. The van der Waals surface area contributed by atoms with Crippen molar-refractivity contribution in [3.63, 3.8) is 0 Å². The average Bonchev–Trinajstić information content (AvgIpc) is 2.20. The van der Waals surface area contributed by atoms with Gasteiger partial charge < -0.3 is 9.47 Å². The lowest BCUT2D eigenvalue weighted by molar-refractivity contribution is -0.116. The van der Waals surface area contributed by atoms with Crippen LogP contribution in [0.5, 0.6) is 11.5 Å². The van der Waals surface area contributed by atoms with Gasteiger partial charge in [0.05, 0.1) is 13.7 Å². The summed E-state index contributed by atoms with van der Waals surface area (Å²) in [7, 11) is 1.59. The molecule has 0 unspecified atom stereocenters. The molecule has 0 radical (unpaired) electrons. The summed E-state index contributed by atoms with van der Waals surface area (Å²) in [6, 6.07) is 5.57. The van der Waals surface area contributed by atoms with E-state index in [0.29, 0.717) is 24.5 Å². The van der Waals surface area contributed by atoms with Crippen LogP contribution < -0.4 is 9.47 Å². The molecule has 3 nitrogen and oxygen atoms in total. The van der Waals surface area contributed by atoms with Crippen molar-refractivity contribution in [1.82, 2.24) is 0 Å². The van der Waals surface area contributed by atoms with Gasteiger partial charge in [-0.15, -0.1) is 0 Å². The number of ketones is 1. The number of benzene rings is 1. The third kappa shape index (κ3) is 2.98. The summed E-state index contributed by atoms with van der Waals surface area (Å²) < 4.78 is 10.7. The predicted molar refractivity (Wildman–Crippen MR) is 58.5 cm³/mol. The van der Waals surface area contributed by atoms with Gasteiger partial charge in [0, 0.05) is 12.0 Å². The minimum Gasteiger partial charge on any atom is -0.493 e. The lowest BCUT2D eigenvalue weighted by Crippen LogP contribution is -2.03. The molecule has 0 spiro atoms. The van der Waals surface area contributed by atoms with Crippen LogP contribution in [0.4, 0.5) is 0 Å². The first-order chi connectivity index (χ1) is 7.19. The summed E-state index contributed by atoms with van der Waals surface area (Å²) >= 11 is 0. The normalized spacial score (nSPS) is 9.80. The molecule has 3 heteroatoms. The largest absolute Gasteiger partial charge is 0.493 e. The van der Waals surface area contributed by atoms with Crippen LogP contribution in [-0.4, -0.2) is 19.5 Å². The van der Waals surface area contributed by atoms with Crippen molar-refractivity contribution < 1.29 is 14.3 Å². The van der Waals surface area contributed by atoms with Crippen LogP contribution >= 0.6 is 0 Å². The molecule has 0 fully saturated rings. The number of Topliss-reactive ketones (excluding diaryl/α,β-unsaturated/α-hetero) is 1. The van der Waals surface area contributed by atoms with E-state index in [1.807, 2.05) is 25.1 Å². The molecular formula is C12H16O3. The molecule has 0 saturated heterocycles. The maximum absolute atomic E-state index is 11.1. The second-order valence-corrected chi connectivity index (χ2v) is 3.26. The molecule has 0 N–H and O–H groups in total. The number of methoxy groups -OCH3 is 1. The van der Waals surface area contributed by atoms with E-state index in [1.54, 1.807) is 14.0 Å². The Morgan fingerprint density at radius 1 is 1.40 bits per heavy atom. The lowest BCUT2D eigenvalue weighted by atomic mass is 10.1. The highest BCUT2D eigenvalue weighted by Crippen LogP contribution is 2.31. The van der Waals surface area contributed by atoms with Gasteiger partial charge in [-0.2, -0.15) is 0 Å². The SMILES string of the molecule is CCOc1c(CC(C)=O)cccc1OC. The Morgan fingerprint density at radius 2 is 2.13 bits per heavy atom. The Morgan fingerprint density at radius 3 is 2.67 bits per heavy atom. The van der Waals surface area contributed by atoms with Gasteiger partial charge >= 0.3 is 0 Å². The van der Waals surface area contributed by atoms with E-state index in [9.17, 15) is 4.79 Å². The second-order valence-electron chi connectivity index (χ2n) is 3.26. The number of rotatable bonds is 5. The molecule has 0 atom stereocenters. The fraction of sp³-hybridized carbons (Fsp3) is 0.417. The molecule has 0 aliphatic rings. The standard InChI is InChI=1S/C12H16O3/c1-4-15-12-10(8-9(2)13)6-5-7-11(12)14-3/h5-7H,4,8H2,1-3H3. The number of para-hydroxylation sites is 1. The molecule has 15 heavy (non-hydrogen) atoms. The Labute approximate surface area is 90.0 Å². The minimum atomic E-state index is 0.115.